The van der Waals surface area contributed by atoms with Crippen LogP contribution in [0.25, 0.3) is 22.3 Å². The summed E-state index contributed by atoms with van der Waals surface area (Å²) >= 11 is 1.33. The van der Waals surface area contributed by atoms with E-state index in [4.69, 9.17) is 24.4 Å². The number of pyridine rings is 2. The summed E-state index contributed by atoms with van der Waals surface area (Å²) < 4.78 is 28.5. The first-order chi connectivity index (χ1) is 47.1. The van der Waals surface area contributed by atoms with Crippen LogP contribution in [0.2, 0.25) is 0 Å². The molecule has 0 radical (unpaired) electrons. The number of nitrogens with zero attached hydrogens (tertiary/aromatic N) is 4. The summed E-state index contributed by atoms with van der Waals surface area (Å²) in [5, 5.41) is 74.3. The quantitative estimate of drug-likeness (QED) is 0.0175. The molecule has 1 saturated carbocycles. The summed E-state index contributed by atoms with van der Waals surface area (Å²) in [6.45, 7) is 10.9. The fraction of sp³-hybridized carbons (Fsp3) is 0.618. The highest BCUT2D eigenvalue weighted by atomic mass is 32.2. The number of amides is 9. The van der Waals surface area contributed by atoms with Gasteiger partial charge in [0, 0.05) is 74.4 Å². The number of fused-ring (bicyclic) bond motifs is 5. The Bertz CT molecular complexity index is 3600. The molecule has 2 aromatic heterocycles. The summed E-state index contributed by atoms with van der Waals surface area (Å²) in [5.74, 6) is -6.86. The molecule has 2 saturated heterocycles. The van der Waals surface area contributed by atoms with Crippen LogP contribution >= 0.6 is 11.8 Å². The van der Waals surface area contributed by atoms with E-state index >= 15 is 4.39 Å². The maximum atomic E-state index is 15.5. The van der Waals surface area contributed by atoms with E-state index in [0.717, 1.165) is 16.5 Å². The van der Waals surface area contributed by atoms with E-state index in [1.165, 1.54) is 29.7 Å². The van der Waals surface area contributed by atoms with Gasteiger partial charge in [0.05, 0.1) is 52.9 Å². The number of aromatic nitrogens is 2. The molecule has 29 nitrogen and oxygen atoms in total. The zero-order valence-corrected chi connectivity index (χ0v) is 57.3. The lowest BCUT2D eigenvalue weighted by Gasteiger charge is -2.35. The second-order valence-electron chi connectivity index (χ2n) is 26.5. The van der Waals surface area contributed by atoms with Crippen LogP contribution in [0.3, 0.4) is 0 Å². The Morgan fingerprint density at radius 1 is 0.838 bits per heavy atom. The summed E-state index contributed by atoms with van der Waals surface area (Å²) in [6.07, 6.45) is -3.26. The number of hydrogen-bond acceptors (Lipinski definition) is 22. The van der Waals surface area contributed by atoms with Gasteiger partial charge in [-0.2, -0.15) is 0 Å². The van der Waals surface area contributed by atoms with Crippen LogP contribution in [0.5, 0.6) is 0 Å². The van der Waals surface area contributed by atoms with Crippen molar-refractivity contribution in [1.82, 2.24) is 46.1 Å². The van der Waals surface area contributed by atoms with Crippen LogP contribution < -0.4 is 32.1 Å². The number of rotatable bonds is 35. The predicted octanol–water partition coefficient (Wildman–Crippen LogP) is 1.22. The summed E-state index contributed by atoms with van der Waals surface area (Å²) in [7, 11) is 0. The van der Waals surface area contributed by atoms with Crippen LogP contribution in [-0.2, 0) is 87.4 Å². The van der Waals surface area contributed by atoms with Crippen LogP contribution in [0, 0.1) is 30.5 Å². The van der Waals surface area contributed by atoms with Crippen LogP contribution in [0.1, 0.15) is 158 Å². The molecule has 8 rings (SSSR count). The van der Waals surface area contributed by atoms with Crippen molar-refractivity contribution in [2.45, 2.75) is 210 Å². The zero-order chi connectivity index (χ0) is 72.2. The van der Waals surface area contributed by atoms with Gasteiger partial charge < -0.3 is 76.1 Å². The maximum Gasteiger partial charge on any atom is 0.336 e. The van der Waals surface area contributed by atoms with Crippen LogP contribution in [-0.4, -0.2) is 196 Å². The number of imide groups is 2. The normalized spacial score (nSPS) is 21.1. The molecule has 1 unspecified atom stereocenters. The van der Waals surface area contributed by atoms with Crippen molar-refractivity contribution in [3.8, 4) is 11.4 Å². The minimum Gasteiger partial charge on any atom is -0.490 e. The van der Waals surface area contributed by atoms with Gasteiger partial charge in [0.15, 0.2) is 0 Å². The van der Waals surface area contributed by atoms with Crippen molar-refractivity contribution in [3.63, 3.8) is 0 Å². The number of aliphatic hydroxyl groups excluding tert-OH is 5. The Hall–Kier alpha value is -7.78. The summed E-state index contributed by atoms with van der Waals surface area (Å²) in [4.78, 5) is 155. The van der Waals surface area contributed by atoms with E-state index in [-0.39, 0.29) is 101 Å². The number of ether oxygens (including phenoxy) is 2. The van der Waals surface area contributed by atoms with Crippen molar-refractivity contribution in [2.75, 3.05) is 38.8 Å². The van der Waals surface area contributed by atoms with E-state index in [2.05, 4.69) is 33.2 Å². The number of benzene rings is 1. The van der Waals surface area contributed by atoms with Crippen molar-refractivity contribution in [1.29, 1.82) is 0 Å². The molecule has 6 heterocycles. The van der Waals surface area contributed by atoms with E-state index in [0.29, 0.717) is 109 Å². The molecule has 5 aliphatic rings. The molecule has 0 spiro atoms. The first-order valence-electron chi connectivity index (χ1n) is 33.9. The molecule has 31 heteroatoms. The van der Waals surface area contributed by atoms with E-state index in [1.54, 1.807) is 38.3 Å². The molecule has 1 aliphatic carbocycles. The highest BCUT2D eigenvalue weighted by molar-refractivity contribution is 8.00. The van der Waals surface area contributed by atoms with Crippen molar-refractivity contribution in [2.24, 2.45) is 17.8 Å². The average molecular weight is 1410 g/mol. The molecule has 99 heavy (non-hydrogen) atoms. The highest BCUT2D eigenvalue weighted by Gasteiger charge is 2.44. The maximum absolute atomic E-state index is 15.5. The lowest BCUT2D eigenvalue weighted by Crippen LogP contribution is -2.58. The van der Waals surface area contributed by atoms with Gasteiger partial charge in [-0.3, -0.25) is 52.8 Å². The molecular formula is C68H92FN9O20S. The van der Waals surface area contributed by atoms with Gasteiger partial charge in [-0.1, -0.05) is 33.8 Å². The smallest absolute Gasteiger partial charge is 0.336 e. The molecule has 3 fully saturated rings. The number of aliphatic hydroxyl groups is 6. The van der Waals surface area contributed by atoms with Crippen molar-refractivity contribution >= 4 is 81.8 Å². The highest BCUT2D eigenvalue weighted by Crippen LogP contribution is 2.43. The third kappa shape index (κ3) is 18.6. The zero-order valence-electron chi connectivity index (χ0n) is 56.4. The van der Waals surface area contributed by atoms with Crippen LogP contribution in [0.15, 0.2) is 35.3 Å². The van der Waals surface area contributed by atoms with E-state index < -0.39 is 138 Å². The van der Waals surface area contributed by atoms with Crippen molar-refractivity contribution in [3.05, 3.63) is 74.5 Å². The molecule has 0 bridgehead atoms. The number of likely N-dealkylation sites (tertiary alicyclic amines) is 1. The third-order valence-corrected chi connectivity index (χ3v) is 20.4. The van der Waals surface area contributed by atoms with Gasteiger partial charge in [-0.15, -0.1) is 16.8 Å². The first kappa shape index (κ1) is 77.0. The summed E-state index contributed by atoms with van der Waals surface area (Å²) in [6, 6.07) is 1.27. The standard InChI is InChI=1S/C68H92FN9O20S/c1-7-68(95)38(6)97-33-44-45(68)26-49-59-41(31-76(49)65(44)92)25-43-42(36(4)46(69)27-48(43)74-59)13-10-11-23-96-34-71-62(89)37(5)72-64(91)58(35(2)3)75-63(90)47(19-20-53(82)70-29-50(80)60(87)61(88)51(81)32-79)73-54(83)14-9-8-12-24-99-52-28-57(86)77(66(52)93)30-39-15-17-40(18-16-39)67(94)98-78-55(84)21-22-56(78)85/h25-27,35,37,39-40,47,50-52,58,60-61,79-81,87-88,95H,6-24,28-34H2,1-5H3,(H,70,82)(H,71,89)(H,72,91)(H,73,83)(H,75,90)/t37-,39?,40?,47-,50-,51+,52?,58-,60+,61+,68+/m0/s1. The van der Waals surface area contributed by atoms with Gasteiger partial charge in [-0.05, 0) is 125 Å². The number of carbonyl (C=O) groups is 10. The number of nitrogens with one attached hydrogen (secondary N) is 5. The minimum absolute atomic E-state index is 0.0139. The van der Waals surface area contributed by atoms with Gasteiger partial charge in [0.1, 0.15) is 67.0 Å². The SMILES string of the molecule is C=C1OCc2c(cc3n(c2=O)Cc2cc4c(CCCCOCNC(=O)[C@H](C)NC(=O)[C@@H](NC(=O)[C@H](CCC(=O)NC[C@H](O)[C@@H](O)[C@H](O)[C@H](O)CO)NC(=O)CCCCCSC5CC(=O)N(CC6CCC(C(=O)ON7C(=O)CCC7=O)CC6)C5=O)C(C)C)c(C)c(F)cc4nc2-3)[C@@]1(O)CC. The Kier molecular flexibility index (Phi) is 26.8. The number of hydrogen-bond donors (Lipinski definition) is 11. The molecule has 9 atom stereocenters. The van der Waals surface area contributed by atoms with Gasteiger partial charge in [0.25, 0.3) is 17.4 Å². The lowest BCUT2D eigenvalue weighted by atomic mass is 9.82. The monoisotopic (exact) mass is 1410 g/mol. The Morgan fingerprint density at radius 3 is 2.23 bits per heavy atom. The number of thioether (sulfide) groups is 1. The van der Waals surface area contributed by atoms with Crippen LogP contribution in [0.4, 0.5) is 4.39 Å². The summed E-state index contributed by atoms with van der Waals surface area (Å²) in [5.41, 5.74) is 2.31. The molecule has 1 aromatic carbocycles. The minimum atomic E-state index is -1.97. The van der Waals surface area contributed by atoms with Gasteiger partial charge >= 0.3 is 5.97 Å². The fourth-order valence-corrected chi connectivity index (χ4v) is 14.1. The number of unbranched alkanes of at least 4 members (excludes halogenated alkanes) is 3. The molecule has 3 aromatic rings. The van der Waals surface area contributed by atoms with Crippen molar-refractivity contribution < 1.29 is 97.3 Å². The number of hydroxylamine groups is 2. The molecule has 542 valence electrons. The second kappa shape index (κ2) is 34.5. The third-order valence-electron chi connectivity index (χ3n) is 19.1. The Morgan fingerprint density at radius 2 is 1.55 bits per heavy atom. The Balaban J connectivity index is 0.774. The average Bonchev–Trinajstić information content (AvgIpc) is 1.68. The Labute approximate surface area is 575 Å². The molecule has 11 N–H and O–H groups in total. The molecule has 9 amide bonds. The molecular weight excluding hydrogens is 1310 g/mol. The topological polar surface area (TPSA) is 421 Å². The fourth-order valence-electron chi connectivity index (χ4n) is 12.9. The van der Waals surface area contributed by atoms with Gasteiger partial charge in [-0.25, -0.2) is 14.2 Å². The predicted molar refractivity (Wildman–Crippen MR) is 354 cm³/mol. The second-order valence-corrected chi connectivity index (χ2v) is 27.8. The molecule has 4 aliphatic heterocycles. The van der Waals surface area contributed by atoms with Gasteiger partial charge in [0.2, 0.25) is 41.4 Å². The number of halogens is 1. The first-order valence-corrected chi connectivity index (χ1v) is 34.9. The van der Waals surface area contributed by atoms with E-state index in [9.17, 15) is 78.3 Å². The van der Waals surface area contributed by atoms with E-state index in [1.807, 2.05) is 6.07 Å². The lowest BCUT2D eigenvalue weighted by molar-refractivity contribution is -0.201. The number of carbonyl (C=O) groups excluding carboxylic acids is 10. The number of aryl methyl sites for hydroxylation is 1. The largest absolute Gasteiger partial charge is 0.490 e.